The zero-order chi connectivity index (χ0) is 14.5. The van der Waals surface area contributed by atoms with Crippen LogP contribution < -0.4 is 0 Å². The molecule has 0 aromatic carbocycles. The molecule has 0 bridgehead atoms. The van der Waals surface area contributed by atoms with Gasteiger partial charge in [0, 0.05) is 13.1 Å². The molecule has 0 amide bonds. The van der Waals surface area contributed by atoms with Crippen LogP contribution in [0.2, 0.25) is 0 Å². The SMILES string of the molecule is CCCCCCCCCCCCN1CCO[C@@H](CC)C1. The summed E-state index contributed by atoms with van der Waals surface area (Å²) in [6, 6.07) is 0. The zero-order valence-corrected chi connectivity index (χ0v) is 14.0. The van der Waals surface area contributed by atoms with Crippen molar-refractivity contribution in [2.24, 2.45) is 0 Å². The first kappa shape index (κ1) is 18.0. The zero-order valence-electron chi connectivity index (χ0n) is 14.0. The van der Waals surface area contributed by atoms with E-state index in [0.29, 0.717) is 6.10 Å². The molecule has 1 aliphatic rings. The van der Waals surface area contributed by atoms with Crippen LogP contribution in [0.15, 0.2) is 0 Å². The van der Waals surface area contributed by atoms with Gasteiger partial charge in [-0.3, -0.25) is 4.90 Å². The molecule has 1 heterocycles. The first-order valence-corrected chi connectivity index (χ1v) is 9.20. The van der Waals surface area contributed by atoms with Gasteiger partial charge in [0.1, 0.15) is 0 Å². The Balaban J connectivity index is 1.82. The average Bonchev–Trinajstić information content (AvgIpc) is 2.49. The Bertz CT molecular complexity index is 208. The molecular weight excluding hydrogens is 246 g/mol. The Morgan fingerprint density at radius 2 is 1.45 bits per heavy atom. The van der Waals surface area contributed by atoms with E-state index in [2.05, 4.69) is 18.7 Å². The third-order valence-corrected chi connectivity index (χ3v) is 4.51. The minimum Gasteiger partial charge on any atom is -0.376 e. The highest BCUT2D eigenvalue weighted by molar-refractivity contribution is 4.70. The molecule has 1 rings (SSSR count). The summed E-state index contributed by atoms with van der Waals surface area (Å²) in [4.78, 5) is 2.60. The van der Waals surface area contributed by atoms with E-state index < -0.39 is 0 Å². The van der Waals surface area contributed by atoms with Crippen LogP contribution in [0.3, 0.4) is 0 Å². The Hall–Kier alpha value is -0.0800. The van der Waals surface area contributed by atoms with Gasteiger partial charge >= 0.3 is 0 Å². The van der Waals surface area contributed by atoms with Gasteiger partial charge in [0.15, 0.2) is 0 Å². The van der Waals surface area contributed by atoms with Crippen molar-refractivity contribution < 1.29 is 4.74 Å². The fourth-order valence-corrected chi connectivity index (χ4v) is 3.05. The van der Waals surface area contributed by atoms with E-state index >= 15 is 0 Å². The fourth-order valence-electron chi connectivity index (χ4n) is 3.05. The van der Waals surface area contributed by atoms with Crippen LogP contribution in [-0.2, 0) is 4.74 Å². The van der Waals surface area contributed by atoms with Gasteiger partial charge in [-0.1, -0.05) is 71.6 Å². The van der Waals surface area contributed by atoms with E-state index in [4.69, 9.17) is 4.74 Å². The molecule has 0 N–H and O–H groups in total. The molecule has 0 radical (unpaired) electrons. The molecule has 1 atom stereocenters. The maximum absolute atomic E-state index is 5.72. The van der Waals surface area contributed by atoms with Crippen LogP contribution in [0.25, 0.3) is 0 Å². The molecular formula is C18H37NO. The van der Waals surface area contributed by atoms with Gasteiger partial charge in [-0.2, -0.15) is 0 Å². The largest absolute Gasteiger partial charge is 0.376 e. The van der Waals surface area contributed by atoms with Crippen LogP contribution in [0.4, 0.5) is 0 Å². The molecule has 1 saturated heterocycles. The summed E-state index contributed by atoms with van der Waals surface area (Å²) >= 11 is 0. The molecule has 0 unspecified atom stereocenters. The number of hydrogen-bond donors (Lipinski definition) is 0. The summed E-state index contributed by atoms with van der Waals surface area (Å²) in [5, 5.41) is 0. The summed E-state index contributed by atoms with van der Waals surface area (Å²) in [5.41, 5.74) is 0. The molecule has 20 heavy (non-hydrogen) atoms. The van der Waals surface area contributed by atoms with E-state index in [9.17, 15) is 0 Å². The molecule has 0 aromatic rings. The van der Waals surface area contributed by atoms with Gasteiger partial charge < -0.3 is 4.74 Å². The number of hydrogen-bond acceptors (Lipinski definition) is 2. The predicted octanol–water partition coefficient (Wildman–Crippen LogP) is 5.02. The van der Waals surface area contributed by atoms with E-state index in [1.165, 1.54) is 70.8 Å². The smallest absolute Gasteiger partial charge is 0.0700 e. The van der Waals surface area contributed by atoms with Crippen molar-refractivity contribution >= 4 is 0 Å². The predicted molar refractivity (Wildman–Crippen MR) is 88.3 cm³/mol. The molecule has 1 fully saturated rings. The maximum Gasteiger partial charge on any atom is 0.0700 e. The maximum atomic E-state index is 5.72. The Labute approximate surface area is 127 Å². The van der Waals surface area contributed by atoms with Crippen molar-refractivity contribution in [3.63, 3.8) is 0 Å². The van der Waals surface area contributed by atoms with Crippen LogP contribution in [0.1, 0.15) is 84.5 Å². The quantitative estimate of drug-likeness (QED) is 0.466. The lowest BCUT2D eigenvalue weighted by Crippen LogP contribution is -2.42. The summed E-state index contributed by atoms with van der Waals surface area (Å²) in [7, 11) is 0. The van der Waals surface area contributed by atoms with Crippen molar-refractivity contribution in [1.82, 2.24) is 4.90 Å². The summed E-state index contributed by atoms with van der Waals surface area (Å²) in [5.74, 6) is 0. The second-order valence-electron chi connectivity index (χ2n) is 6.38. The first-order chi connectivity index (χ1) is 9.86. The fraction of sp³-hybridized carbons (Fsp3) is 1.00. The molecule has 2 heteroatoms. The number of nitrogens with zero attached hydrogens (tertiary/aromatic N) is 1. The van der Waals surface area contributed by atoms with Gasteiger partial charge in [-0.25, -0.2) is 0 Å². The van der Waals surface area contributed by atoms with E-state index in [1.807, 2.05) is 0 Å². The van der Waals surface area contributed by atoms with E-state index in [1.54, 1.807) is 0 Å². The summed E-state index contributed by atoms with van der Waals surface area (Å²) in [6.07, 6.45) is 16.0. The van der Waals surface area contributed by atoms with E-state index in [0.717, 1.165) is 26.1 Å². The highest BCUT2D eigenvalue weighted by Crippen LogP contribution is 2.12. The van der Waals surface area contributed by atoms with Crippen LogP contribution >= 0.6 is 0 Å². The number of morpholine rings is 1. The highest BCUT2D eigenvalue weighted by Gasteiger charge is 2.17. The lowest BCUT2D eigenvalue weighted by molar-refractivity contribution is -0.0299. The third kappa shape index (κ3) is 8.97. The first-order valence-electron chi connectivity index (χ1n) is 9.20. The number of ether oxygens (including phenoxy) is 1. The van der Waals surface area contributed by atoms with Gasteiger partial charge in [-0.05, 0) is 19.4 Å². The second kappa shape index (κ2) is 12.6. The van der Waals surface area contributed by atoms with Crippen molar-refractivity contribution in [3.05, 3.63) is 0 Å². The standard InChI is InChI=1S/C18H37NO/c1-3-5-6-7-8-9-10-11-12-13-14-19-15-16-20-18(4-2)17-19/h18H,3-17H2,1-2H3/t18-/m0/s1. The minimum absolute atomic E-state index is 0.492. The van der Waals surface area contributed by atoms with Gasteiger partial charge in [0.2, 0.25) is 0 Å². The minimum atomic E-state index is 0.492. The summed E-state index contributed by atoms with van der Waals surface area (Å²) < 4.78 is 5.72. The number of unbranched alkanes of at least 4 members (excludes halogenated alkanes) is 9. The van der Waals surface area contributed by atoms with Gasteiger partial charge in [0.05, 0.1) is 12.7 Å². The van der Waals surface area contributed by atoms with Crippen LogP contribution in [0, 0.1) is 0 Å². The topological polar surface area (TPSA) is 12.5 Å². The van der Waals surface area contributed by atoms with Gasteiger partial charge in [-0.15, -0.1) is 0 Å². The lowest BCUT2D eigenvalue weighted by atomic mass is 10.1. The van der Waals surface area contributed by atoms with E-state index in [-0.39, 0.29) is 0 Å². The van der Waals surface area contributed by atoms with Gasteiger partial charge in [0.25, 0.3) is 0 Å². The van der Waals surface area contributed by atoms with Crippen molar-refractivity contribution in [1.29, 1.82) is 0 Å². The Morgan fingerprint density at radius 3 is 2.05 bits per heavy atom. The normalized spacial score (nSPS) is 20.4. The van der Waals surface area contributed by atoms with Crippen molar-refractivity contribution in [3.8, 4) is 0 Å². The molecule has 1 aliphatic heterocycles. The summed E-state index contributed by atoms with van der Waals surface area (Å²) in [6.45, 7) is 9.06. The number of rotatable bonds is 12. The van der Waals surface area contributed by atoms with Crippen LogP contribution in [0.5, 0.6) is 0 Å². The Kier molecular flexibility index (Phi) is 11.4. The molecule has 0 saturated carbocycles. The highest BCUT2D eigenvalue weighted by atomic mass is 16.5. The molecule has 0 spiro atoms. The molecule has 0 aliphatic carbocycles. The van der Waals surface area contributed by atoms with Crippen molar-refractivity contribution in [2.45, 2.75) is 90.6 Å². The average molecular weight is 284 g/mol. The molecule has 2 nitrogen and oxygen atoms in total. The van der Waals surface area contributed by atoms with Crippen molar-refractivity contribution in [2.75, 3.05) is 26.2 Å². The van der Waals surface area contributed by atoms with Crippen LogP contribution in [-0.4, -0.2) is 37.2 Å². The Morgan fingerprint density at radius 1 is 0.850 bits per heavy atom. The third-order valence-electron chi connectivity index (χ3n) is 4.51. The second-order valence-corrected chi connectivity index (χ2v) is 6.38. The lowest BCUT2D eigenvalue weighted by Gasteiger charge is -2.32. The molecule has 120 valence electrons. The molecule has 0 aromatic heterocycles. The monoisotopic (exact) mass is 283 g/mol.